The average Bonchev–Trinajstić information content (AvgIpc) is 3.24. The second-order valence-electron chi connectivity index (χ2n) is 4.44. The van der Waals surface area contributed by atoms with Crippen LogP contribution in [-0.4, -0.2) is 35.4 Å². The minimum absolute atomic E-state index is 0.123. The molecule has 0 aromatic carbocycles. The third kappa shape index (κ3) is 3.15. The van der Waals surface area contributed by atoms with E-state index in [-0.39, 0.29) is 11.9 Å². The number of halogens is 1. The first kappa shape index (κ1) is 13.6. The summed E-state index contributed by atoms with van der Waals surface area (Å²) in [5.41, 5.74) is 0.436. The van der Waals surface area contributed by atoms with Crippen molar-refractivity contribution in [1.82, 2.24) is 9.88 Å². The molecule has 1 aliphatic carbocycles. The first-order valence-electron chi connectivity index (χ1n) is 6.18. The van der Waals surface area contributed by atoms with E-state index in [1.54, 1.807) is 18.0 Å². The summed E-state index contributed by atoms with van der Waals surface area (Å²) in [7, 11) is 1.73. The minimum atomic E-state index is -0.123. The molecule has 5 nitrogen and oxygen atoms in total. The molecular weight excluding hydrogens is 264 g/mol. The maximum atomic E-state index is 12.5. The predicted molar refractivity (Wildman–Crippen MR) is 73.1 cm³/mol. The van der Waals surface area contributed by atoms with Crippen molar-refractivity contribution in [2.75, 3.05) is 18.9 Å². The maximum Gasteiger partial charge on any atom is 0.255 e. The van der Waals surface area contributed by atoms with Gasteiger partial charge in [0, 0.05) is 25.8 Å². The van der Waals surface area contributed by atoms with E-state index in [0.717, 1.165) is 12.8 Å². The van der Waals surface area contributed by atoms with Gasteiger partial charge in [0.15, 0.2) is 0 Å². The molecule has 1 aromatic rings. The zero-order valence-corrected chi connectivity index (χ0v) is 11.4. The van der Waals surface area contributed by atoms with Gasteiger partial charge in [0.1, 0.15) is 5.82 Å². The molecule has 0 bridgehead atoms. The lowest BCUT2D eigenvalue weighted by atomic mass is 10.2. The summed E-state index contributed by atoms with van der Waals surface area (Å²) in [6.07, 6.45) is 3.80. The molecule has 1 heterocycles. The number of carbonyl (C=O) groups excluding carboxylic acids is 1. The molecule has 1 aromatic heterocycles. The van der Waals surface area contributed by atoms with Crippen LogP contribution in [0.1, 0.15) is 29.6 Å². The number of amides is 1. The fourth-order valence-corrected chi connectivity index (χ4v) is 2.08. The van der Waals surface area contributed by atoms with Crippen molar-refractivity contribution in [2.45, 2.75) is 25.3 Å². The zero-order valence-electron chi connectivity index (χ0n) is 10.7. The van der Waals surface area contributed by atoms with Gasteiger partial charge < -0.3 is 10.2 Å². The Kier molecular flexibility index (Phi) is 4.23. The van der Waals surface area contributed by atoms with Crippen molar-refractivity contribution in [1.29, 1.82) is 5.26 Å². The van der Waals surface area contributed by atoms with Gasteiger partial charge >= 0.3 is 0 Å². The van der Waals surface area contributed by atoms with E-state index in [9.17, 15) is 4.79 Å². The van der Waals surface area contributed by atoms with E-state index in [1.165, 1.54) is 6.20 Å². The van der Waals surface area contributed by atoms with Gasteiger partial charge in [-0.3, -0.25) is 4.79 Å². The van der Waals surface area contributed by atoms with Gasteiger partial charge in [0.2, 0.25) is 0 Å². The molecule has 6 heteroatoms. The molecule has 2 rings (SSSR count). The second kappa shape index (κ2) is 5.89. The molecule has 0 radical (unpaired) electrons. The van der Waals surface area contributed by atoms with Gasteiger partial charge in [-0.15, -0.1) is 0 Å². The molecule has 1 N–H and O–H groups in total. The smallest absolute Gasteiger partial charge is 0.255 e. The predicted octanol–water partition coefficient (Wildman–Crippen LogP) is 2.29. The number of nitrogens with one attached hydrogen (secondary N) is 1. The van der Waals surface area contributed by atoms with Crippen LogP contribution in [0.3, 0.4) is 0 Å². The third-order valence-corrected chi connectivity index (χ3v) is 3.36. The fraction of sp³-hybridized carbons (Fsp3) is 0.462. The van der Waals surface area contributed by atoms with E-state index in [0.29, 0.717) is 29.4 Å². The van der Waals surface area contributed by atoms with Crippen LogP contribution in [-0.2, 0) is 0 Å². The molecule has 0 saturated heterocycles. The largest absolute Gasteiger partial charge is 0.373 e. The summed E-state index contributed by atoms with van der Waals surface area (Å²) in [5, 5.41) is 11.9. The van der Waals surface area contributed by atoms with Crippen LogP contribution in [0.2, 0.25) is 5.02 Å². The van der Waals surface area contributed by atoms with Crippen molar-refractivity contribution < 1.29 is 4.79 Å². The van der Waals surface area contributed by atoms with Crippen LogP contribution in [0.5, 0.6) is 0 Å². The Labute approximate surface area is 117 Å². The van der Waals surface area contributed by atoms with E-state index < -0.39 is 0 Å². The summed E-state index contributed by atoms with van der Waals surface area (Å²) in [6, 6.07) is 3.97. The van der Waals surface area contributed by atoms with Crippen molar-refractivity contribution in [3.05, 3.63) is 22.8 Å². The van der Waals surface area contributed by atoms with Crippen molar-refractivity contribution in [3.8, 4) is 6.07 Å². The van der Waals surface area contributed by atoms with Gasteiger partial charge in [0.05, 0.1) is 23.1 Å². The number of hydrogen-bond acceptors (Lipinski definition) is 4. The van der Waals surface area contributed by atoms with Crippen LogP contribution in [0.25, 0.3) is 0 Å². The van der Waals surface area contributed by atoms with Gasteiger partial charge in [-0.1, -0.05) is 11.6 Å². The van der Waals surface area contributed by atoms with Crippen LogP contribution < -0.4 is 5.32 Å². The highest BCUT2D eigenvalue weighted by Crippen LogP contribution is 2.30. The summed E-state index contributed by atoms with van der Waals surface area (Å²) in [6.45, 7) is 0.452. The number of anilines is 1. The summed E-state index contributed by atoms with van der Waals surface area (Å²) in [4.78, 5) is 18.3. The highest BCUT2D eigenvalue weighted by atomic mass is 35.5. The molecule has 1 saturated carbocycles. The number of rotatable bonds is 5. The molecule has 1 aliphatic rings. The highest BCUT2D eigenvalue weighted by Gasteiger charge is 2.33. The Bertz CT molecular complexity index is 522. The Morgan fingerprint density at radius 2 is 2.42 bits per heavy atom. The Hall–Kier alpha value is -1.80. The maximum absolute atomic E-state index is 12.5. The van der Waals surface area contributed by atoms with Crippen LogP contribution >= 0.6 is 11.6 Å². The van der Waals surface area contributed by atoms with E-state index in [1.807, 2.05) is 0 Å². The number of hydrogen-bond donors (Lipinski definition) is 1. The Balaban J connectivity index is 2.23. The van der Waals surface area contributed by atoms with Gasteiger partial charge in [-0.25, -0.2) is 4.98 Å². The molecule has 0 spiro atoms. The van der Waals surface area contributed by atoms with Crippen molar-refractivity contribution in [3.63, 3.8) is 0 Å². The van der Waals surface area contributed by atoms with Crippen LogP contribution in [0, 0.1) is 11.3 Å². The van der Waals surface area contributed by atoms with Crippen LogP contribution in [0.4, 0.5) is 5.82 Å². The highest BCUT2D eigenvalue weighted by molar-refractivity contribution is 6.33. The minimum Gasteiger partial charge on any atom is -0.373 e. The summed E-state index contributed by atoms with van der Waals surface area (Å²) < 4.78 is 0. The van der Waals surface area contributed by atoms with Gasteiger partial charge in [-0.2, -0.15) is 5.26 Å². The first-order valence-corrected chi connectivity index (χ1v) is 6.56. The normalized spacial score (nSPS) is 13.7. The van der Waals surface area contributed by atoms with E-state index >= 15 is 0 Å². The molecular formula is C13H15ClN4O. The first-order chi connectivity index (χ1) is 9.17. The molecule has 1 amide bonds. The molecule has 1 fully saturated rings. The van der Waals surface area contributed by atoms with Crippen LogP contribution in [0.15, 0.2) is 12.3 Å². The lowest BCUT2D eigenvalue weighted by molar-refractivity contribution is 0.0747. The fourth-order valence-electron chi connectivity index (χ4n) is 1.90. The second-order valence-corrected chi connectivity index (χ2v) is 4.84. The monoisotopic (exact) mass is 278 g/mol. The number of pyridine rings is 1. The van der Waals surface area contributed by atoms with Gasteiger partial charge in [-0.05, 0) is 18.9 Å². The molecule has 100 valence electrons. The Morgan fingerprint density at radius 3 is 3.00 bits per heavy atom. The van der Waals surface area contributed by atoms with E-state index in [4.69, 9.17) is 16.9 Å². The number of carbonyl (C=O) groups is 1. The summed E-state index contributed by atoms with van der Waals surface area (Å²) >= 11 is 6.05. The topological polar surface area (TPSA) is 69.0 Å². The Morgan fingerprint density at radius 1 is 1.68 bits per heavy atom. The zero-order chi connectivity index (χ0) is 13.8. The number of nitriles is 1. The van der Waals surface area contributed by atoms with E-state index in [2.05, 4.69) is 16.4 Å². The quantitative estimate of drug-likeness (QED) is 0.897. The number of nitrogens with zero attached hydrogens (tertiary/aromatic N) is 3. The van der Waals surface area contributed by atoms with Gasteiger partial charge in [0.25, 0.3) is 5.91 Å². The molecule has 0 atom stereocenters. The third-order valence-electron chi connectivity index (χ3n) is 3.05. The van der Waals surface area contributed by atoms with Crippen molar-refractivity contribution in [2.24, 2.45) is 0 Å². The molecule has 0 unspecified atom stereocenters. The molecule has 0 aliphatic heterocycles. The SMILES string of the molecule is CNc1cc(C(=O)N(CCC#N)C2CC2)c(Cl)cn1. The standard InChI is InChI=1S/C13H15ClN4O/c1-16-12-7-10(11(14)8-17-12)13(19)18(6-2-5-15)9-3-4-9/h7-9H,2-4,6H2,1H3,(H,16,17). The number of aromatic nitrogens is 1. The van der Waals surface area contributed by atoms with Crippen molar-refractivity contribution >= 4 is 23.3 Å². The summed E-state index contributed by atoms with van der Waals surface area (Å²) in [5.74, 6) is 0.477. The lowest BCUT2D eigenvalue weighted by Crippen LogP contribution is -2.34. The lowest BCUT2D eigenvalue weighted by Gasteiger charge is -2.21. The molecule has 19 heavy (non-hydrogen) atoms. The average molecular weight is 279 g/mol.